The zero-order chi connectivity index (χ0) is 13.8. The average Bonchev–Trinajstić information content (AvgIpc) is 2.26. The topological polar surface area (TPSA) is 43.4 Å². The minimum Gasteiger partial charge on any atom is -0.393 e. The minimum atomic E-state index is -0.455. The van der Waals surface area contributed by atoms with Crippen LogP contribution in [0.1, 0.15) is 53.9 Å². The predicted molar refractivity (Wildman–Crippen MR) is 71.0 cm³/mol. The fourth-order valence-electron chi connectivity index (χ4n) is 0.679. The van der Waals surface area contributed by atoms with Crippen LogP contribution in [0.4, 0.5) is 0 Å². The maximum absolute atomic E-state index is 10.8. The molecule has 0 aliphatic rings. The second-order valence-corrected chi connectivity index (χ2v) is 4.82. The van der Waals surface area contributed by atoms with Crippen molar-refractivity contribution >= 4 is 23.5 Å². The van der Waals surface area contributed by atoms with E-state index in [4.69, 9.17) is 11.6 Å². The van der Waals surface area contributed by atoms with Gasteiger partial charge in [-0.1, -0.05) is 47.5 Å². The normalized spacial score (nSPS) is 9.88. The van der Waals surface area contributed by atoms with Gasteiger partial charge >= 0.3 is 11.9 Å². The van der Waals surface area contributed by atoms with Gasteiger partial charge in [0, 0.05) is 5.88 Å². The highest BCUT2D eigenvalue weighted by Gasteiger charge is 2.16. The molecule has 0 aromatic rings. The zero-order valence-electron chi connectivity index (χ0n) is 11.6. The van der Waals surface area contributed by atoms with Gasteiger partial charge in [0.1, 0.15) is 0 Å². The molecule has 0 bridgehead atoms. The van der Waals surface area contributed by atoms with Crippen molar-refractivity contribution < 1.29 is 14.3 Å². The van der Waals surface area contributed by atoms with Gasteiger partial charge in [-0.05, 0) is 6.42 Å². The van der Waals surface area contributed by atoms with Crippen molar-refractivity contribution in [2.45, 2.75) is 53.9 Å². The van der Waals surface area contributed by atoms with Crippen LogP contribution in [0.15, 0.2) is 0 Å². The van der Waals surface area contributed by atoms with Crippen molar-refractivity contribution in [3.63, 3.8) is 0 Å². The summed E-state index contributed by atoms with van der Waals surface area (Å²) in [6.45, 7) is 8.93. The van der Waals surface area contributed by atoms with E-state index in [2.05, 4.69) is 11.7 Å². The Kier molecular flexibility index (Phi) is 13.2. The van der Waals surface area contributed by atoms with Crippen molar-refractivity contribution in [1.82, 2.24) is 0 Å². The highest BCUT2D eigenvalue weighted by atomic mass is 35.5. The van der Waals surface area contributed by atoms with E-state index in [1.165, 1.54) is 19.3 Å². The number of hydrogen-bond donors (Lipinski definition) is 0. The van der Waals surface area contributed by atoms with Gasteiger partial charge in [0.15, 0.2) is 0 Å². The highest BCUT2D eigenvalue weighted by Crippen LogP contribution is 2.01. The second-order valence-electron chi connectivity index (χ2n) is 4.45. The van der Waals surface area contributed by atoms with E-state index in [1.807, 2.05) is 0 Å². The number of carbonyl (C=O) groups is 2. The summed E-state index contributed by atoms with van der Waals surface area (Å²) in [7, 11) is 0. The lowest BCUT2D eigenvalue weighted by atomic mass is 10.2. The molecule has 0 heterocycles. The van der Waals surface area contributed by atoms with Crippen molar-refractivity contribution in [3.8, 4) is 0 Å². The highest BCUT2D eigenvalue weighted by molar-refractivity contribution is 6.17. The van der Waals surface area contributed by atoms with Gasteiger partial charge in [-0.25, -0.2) is 0 Å². The molecule has 102 valence electrons. The number of hydrogen-bond acceptors (Lipinski definition) is 3. The maximum Gasteiger partial charge on any atom is 0.316 e. The molecule has 0 aromatic heterocycles. The van der Waals surface area contributed by atoms with E-state index in [1.54, 1.807) is 27.7 Å². The monoisotopic (exact) mass is 264 g/mol. The SMILES string of the molecule is CC(C)C(=O)OC(=O)C(C)C.CCCCCCl. The second kappa shape index (κ2) is 11.9. The van der Waals surface area contributed by atoms with Crippen molar-refractivity contribution in [2.75, 3.05) is 5.88 Å². The lowest BCUT2D eigenvalue weighted by Gasteiger charge is -2.06. The summed E-state index contributed by atoms with van der Waals surface area (Å²) in [5, 5.41) is 0. The van der Waals surface area contributed by atoms with E-state index in [-0.39, 0.29) is 11.8 Å². The molecule has 0 aliphatic heterocycles. The predicted octanol–water partition coefficient (Wildman–Crippen LogP) is 3.78. The van der Waals surface area contributed by atoms with Crippen LogP contribution in [-0.2, 0) is 14.3 Å². The Hall–Kier alpha value is -0.570. The number of rotatable bonds is 5. The van der Waals surface area contributed by atoms with Crippen LogP contribution in [0.5, 0.6) is 0 Å². The average molecular weight is 265 g/mol. The van der Waals surface area contributed by atoms with E-state index in [9.17, 15) is 9.59 Å². The standard InChI is InChI=1S/C8H14O3.C5H11Cl/c1-5(2)7(9)11-8(10)6(3)4;1-2-3-4-5-6/h5-6H,1-4H3;2-5H2,1H3. The summed E-state index contributed by atoms with van der Waals surface area (Å²) < 4.78 is 4.50. The van der Waals surface area contributed by atoms with Gasteiger partial charge in [0.25, 0.3) is 0 Å². The molecule has 0 spiro atoms. The van der Waals surface area contributed by atoms with Crippen molar-refractivity contribution in [2.24, 2.45) is 11.8 Å². The summed E-state index contributed by atoms with van der Waals surface area (Å²) in [6, 6.07) is 0. The number of halogens is 1. The number of ether oxygens (including phenoxy) is 1. The Labute approximate surface area is 110 Å². The summed E-state index contributed by atoms with van der Waals surface area (Å²) in [5.74, 6) is -0.559. The molecule has 0 rings (SSSR count). The molecule has 3 nitrogen and oxygen atoms in total. The fourth-order valence-corrected chi connectivity index (χ4v) is 0.868. The number of carbonyl (C=O) groups excluding carboxylic acids is 2. The molecular weight excluding hydrogens is 240 g/mol. The molecule has 17 heavy (non-hydrogen) atoms. The molecule has 0 N–H and O–H groups in total. The quantitative estimate of drug-likeness (QED) is 0.328. The number of alkyl halides is 1. The van der Waals surface area contributed by atoms with Gasteiger partial charge in [-0.15, -0.1) is 11.6 Å². The molecule has 0 aliphatic carbocycles. The first kappa shape index (κ1) is 18.8. The Bertz CT molecular complexity index is 191. The van der Waals surface area contributed by atoms with Crippen molar-refractivity contribution in [3.05, 3.63) is 0 Å². The Morgan fingerprint density at radius 2 is 1.41 bits per heavy atom. The molecule has 4 heteroatoms. The Balaban J connectivity index is 0. The molecule has 0 fully saturated rings. The molecule has 0 radical (unpaired) electrons. The third-order valence-corrected chi connectivity index (χ3v) is 2.15. The zero-order valence-corrected chi connectivity index (χ0v) is 12.3. The van der Waals surface area contributed by atoms with Crippen LogP contribution in [0.3, 0.4) is 0 Å². The summed E-state index contributed by atoms with van der Waals surface area (Å²) in [6.07, 6.45) is 3.73. The minimum absolute atomic E-state index is 0.238. The molecule has 0 saturated heterocycles. The summed E-state index contributed by atoms with van der Waals surface area (Å²) in [4.78, 5) is 21.6. The molecule has 0 unspecified atom stereocenters. The summed E-state index contributed by atoms with van der Waals surface area (Å²) in [5.41, 5.74) is 0. The van der Waals surface area contributed by atoms with Gasteiger partial charge in [0.05, 0.1) is 11.8 Å². The van der Waals surface area contributed by atoms with Crippen LogP contribution < -0.4 is 0 Å². The first-order valence-electron chi connectivity index (χ1n) is 6.18. The fraction of sp³-hybridized carbons (Fsp3) is 0.846. The van der Waals surface area contributed by atoms with E-state index in [0.29, 0.717) is 0 Å². The van der Waals surface area contributed by atoms with E-state index < -0.39 is 11.9 Å². The maximum atomic E-state index is 10.8. The first-order valence-corrected chi connectivity index (χ1v) is 6.71. The molecule has 0 saturated carbocycles. The lowest BCUT2D eigenvalue weighted by Crippen LogP contribution is -2.20. The molecule has 0 aromatic carbocycles. The van der Waals surface area contributed by atoms with Gasteiger partial charge in [-0.3, -0.25) is 9.59 Å². The van der Waals surface area contributed by atoms with Gasteiger partial charge < -0.3 is 4.74 Å². The third kappa shape index (κ3) is 13.4. The van der Waals surface area contributed by atoms with E-state index >= 15 is 0 Å². The van der Waals surface area contributed by atoms with Crippen LogP contribution >= 0.6 is 11.6 Å². The van der Waals surface area contributed by atoms with E-state index in [0.717, 1.165) is 5.88 Å². The van der Waals surface area contributed by atoms with Crippen LogP contribution in [0, 0.1) is 11.8 Å². The molecular formula is C13H25ClO3. The van der Waals surface area contributed by atoms with Crippen LogP contribution in [-0.4, -0.2) is 17.8 Å². The van der Waals surface area contributed by atoms with Crippen LogP contribution in [0.2, 0.25) is 0 Å². The largest absolute Gasteiger partial charge is 0.393 e. The Morgan fingerprint density at radius 3 is 1.59 bits per heavy atom. The van der Waals surface area contributed by atoms with Gasteiger partial charge in [0.2, 0.25) is 0 Å². The Morgan fingerprint density at radius 1 is 1.00 bits per heavy atom. The van der Waals surface area contributed by atoms with Crippen LogP contribution in [0.25, 0.3) is 0 Å². The first-order chi connectivity index (χ1) is 7.86. The number of esters is 2. The smallest absolute Gasteiger partial charge is 0.316 e. The lowest BCUT2D eigenvalue weighted by molar-refractivity contribution is -0.164. The van der Waals surface area contributed by atoms with Crippen molar-refractivity contribution in [1.29, 1.82) is 0 Å². The third-order valence-electron chi connectivity index (χ3n) is 1.88. The van der Waals surface area contributed by atoms with Gasteiger partial charge in [-0.2, -0.15) is 0 Å². The molecule has 0 atom stereocenters. The summed E-state index contributed by atoms with van der Waals surface area (Å²) >= 11 is 5.38. The molecule has 0 amide bonds. The number of unbranched alkanes of at least 4 members (excludes halogenated alkanes) is 2.